The first kappa shape index (κ1) is 17.7. The van der Waals surface area contributed by atoms with Crippen molar-refractivity contribution >= 4 is 22.9 Å². The van der Waals surface area contributed by atoms with Gasteiger partial charge in [0.2, 0.25) is 0 Å². The highest BCUT2D eigenvalue weighted by Crippen LogP contribution is 2.51. The number of hydrogen-bond acceptors (Lipinski definition) is 5. The molecule has 2 fully saturated rings. The van der Waals surface area contributed by atoms with Crippen LogP contribution in [0.3, 0.4) is 0 Å². The first-order valence-electron chi connectivity index (χ1n) is 9.60. The van der Waals surface area contributed by atoms with Gasteiger partial charge in [-0.15, -0.1) is 10.2 Å². The summed E-state index contributed by atoms with van der Waals surface area (Å²) in [7, 11) is 1.57. The summed E-state index contributed by atoms with van der Waals surface area (Å²) < 4.78 is 21.3. The van der Waals surface area contributed by atoms with Crippen LogP contribution in [-0.2, 0) is 6.42 Å². The normalized spacial score (nSPS) is 21.1. The molecule has 2 unspecified atom stereocenters. The number of nitrogens with zero attached hydrogens (tertiary/aromatic N) is 4. The van der Waals surface area contributed by atoms with Crippen LogP contribution in [0.4, 0.5) is 10.1 Å². The third-order valence-corrected chi connectivity index (χ3v) is 6.06. The van der Waals surface area contributed by atoms with E-state index in [0.29, 0.717) is 40.4 Å². The summed E-state index contributed by atoms with van der Waals surface area (Å²) in [6.45, 7) is 0.683. The molecular formula is C20H21ClFN5O. The smallest absolute Gasteiger partial charge is 0.198 e. The standard InChI is InChI=1S/C20H21ClFN5O/c1-28-16-4-2-3-14(22)18(16)13-8-12(13)9-23-15-10-24-27-17(7-11-5-6-11)25-26-20(27)19(15)21/h2-4,10-13,23H,5-9H2,1H3. The van der Waals surface area contributed by atoms with Gasteiger partial charge in [-0.3, -0.25) is 0 Å². The van der Waals surface area contributed by atoms with Crippen molar-refractivity contribution in [2.75, 3.05) is 19.0 Å². The lowest BCUT2D eigenvalue weighted by Crippen LogP contribution is -2.08. The van der Waals surface area contributed by atoms with Crippen LogP contribution in [0.1, 0.15) is 36.6 Å². The van der Waals surface area contributed by atoms with Gasteiger partial charge in [0.15, 0.2) is 11.5 Å². The van der Waals surface area contributed by atoms with E-state index in [4.69, 9.17) is 16.3 Å². The molecule has 6 nitrogen and oxygen atoms in total. The molecule has 2 aliphatic carbocycles. The molecule has 2 aliphatic rings. The Bertz CT molecular complexity index is 1030. The Balaban J connectivity index is 1.29. The van der Waals surface area contributed by atoms with Crippen LogP contribution in [0.5, 0.6) is 5.75 Å². The van der Waals surface area contributed by atoms with Crippen LogP contribution < -0.4 is 10.1 Å². The van der Waals surface area contributed by atoms with E-state index in [9.17, 15) is 4.39 Å². The number of halogens is 2. The van der Waals surface area contributed by atoms with Crippen molar-refractivity contribution in [3.8, 4) is 5.75 Å². The van der Waals surface area contributed by atoms with Crippen LogP contribution in [-0.4, -0.2) is 33.5 Å². The monoisotopic (exact) mass is 401 g/mol. The van der Waals surface area contributed by atoms with Crippen molar-refractivity contribution in [1.29, 1.82) is 0 Å². The topological polar surface area (TPSA) is 64.3 Å². The van der Waals surface area contributed by atoms with Crippen LogP contribution >= 0.6 is 11.6 Å². The molecule has 146 valence electrons. The Kier molecular flexibility index (Phi) is 4.34. The van der Waals surface area contributed by atoms with Gasteiger partial charge in [-0.1, -0.05) is 17.7 Å². The van der Waals surface area contributed by atoms with Gasteiger partial charge in [-0.05, 0) is 49.1 Å². The fourth-order valence-electron chi connectivity index (χ4n) is 3.82. The molecule has 0 spiro atoms. The van der Waals surface area contributed by atoms with E-state index < -0.39 is 0 Å². The molecule has 0 bridgehead atoms. The van der Waals surface area contributed by atoms with E-state index in [0.717, 1.165) is 24.4 Å². The molecule has 28 heavy (non-hydrogen) atoms. The molecule has 1 N–H and O–H groups in total. The minimum absolute atomic E-state index is 0.150. The molecule has 1 aromatic carbocycles. The molecule has 3 aromatic rings. The number of hydrogen-bond donors (Lipinski definition) is 1. The summed E-state index contributed by atoms with van der Waals surface area (Å²) in [6.07, 6.45) is 6.02. The van der Waals surface area contributed by atoms with Crippen LogP contribution in [0, 0.1) is 17.7 Å². The maximum atomic E-state index is 14.3. The molecule has 0 saturated heterocycles. The van der Waals surface area contributed by atoms with Gasteiger partial charge in [0.25, 0.3) is 0 Å². The van der Waals surface area contributed by atoms with E-state index >= 15 is 0 Å². The SMILES string of the molecule is COc1cccc(F)c1C1CC1CNc1cnn2c(CC3CC3)nnc2c1Cl. The van der Waals surface area contributed by atoms with Crippen molar-refractivity contribution < 1.29 is 9.13 Å². The summed E-state index contributed by atoms with van der Waals surface area (Å²) >= 11 is 6.53. The Labute approximate surface area is 167 Å². The third-order valence-electron chi connectivity index (χ3n) is 5.69. The van der Waals surface area contributed by atoms with E-state index in [-0.39, 0.29) is 11.7 Å². The second kappa shape index (κ2) is 6.88. The molecule has 2 aromatic heterocycles. The summed E-state index contributed by atoms with van der Waals surface area (Å²) in [5.41, 5.74) is 1.97. The predicted octanol–water partition coefficient (Wildman–Crippen LogP) is 4.09. The number of nitrogens with one attached hydrogen (secondary N) is 1. The fourth-order valence-corrected chi connectivity index (χ4v) is 4.05. The van der Waals surface area contributed by atoms with Crippen molar-refractivity contribution in [2.45, 2.75) is 31.6 Å². The average Bonchev–Trinajstić information content (AvgIpc) is 3.61. The number of benzene rings is 1. The molecule has 0 radical (unpaired) electrons. The van der Waals surface area contributed by atoms with E-state index in [1.807, 2.05) is 0 Å². The first-order valence-corrected chi connectivity index (χ1v) is 9.98. The van der Waals surface area contributed by atoms with Gasteiger partial charge in [0, 0.05) is 18.5 Å². The van der Waals surface area contributed by atoms with Crippen molar-refractivity contribution in [1.82, 2.24) is 19.8 Å². The minimum atomic E-state index is -0.209. The highest BCUT2D eigenvalue weighted by molar-refractivity contribution is 6.36. The second-order valence-electron chi connectivity index (χ2n) is 7.71. The summed E-state index contributed by atoms with van der Waals surface area (Å²) in [6, 6.07) is 4.96. The molecule has 0 aliphatic heterocycles. The van der Waals surface area contributed by atoms with Gasteiger partial charge in [-0.2, -0.15) is 9.61 Å². The molecule has 2 heterocycles. The van der Waals surface area contributed by atoms with Crippen molar-refractivity contribution in [3.63, 3.8) is 0 Å². The van der Waals surface area contributed by atoms with Gasteiger partial charge < -0.3 is 10.1 Å². The molecule has 5 rings (SSSR count). The zero-order valence-corrected chi connectivity index (χ0v) is 16.3. The highest BCUT2D eigenvalue weighted by Gasteiger charge is 2.41. The number of methoxy groups -OCH3 is 1. The van der Waals surface area contributed by atoms with Gasteiger partial charge in [0.1, 0.15) is 16.6 Å². The Morgan fingerprint density at radius 3 is 2.96 bits per heavy atom. The predicted molar refractivity (Wildman–Crippen MR) is 105 cm³/mol. The molecule has 8 heteroatoms. The largest absolute Gasteiger partial charge is 0.496 e. The van der Waals surface area contributed by atoms with Gasteiger partial charge in [0.05, 0.1) is 19.0 Å². The summed E-state index contributed by atoms with van der Waals surface area (Å²) in [5, 5.41) is 16.8. The van der Waals surface area contributed by atoms with Crippen molar-refractivity contribution in [3.05, 3.63) is 46.6 Å². The third kappa shape index (κ3) is 3.17. The Morgan fingerprint density at radius 1 is 1.32 bits per heavy atom. The summed E-state index contributed by atoms with van der Waals surface area (Å²) in [4.78, 5) is 0. The minimum Gasteiger partial charge on any atom is -0.496 e. The Hall–Kier alpha value is -2.41. The lowest BCUT2D eigenvalue weighted by Gasteiger charge is -2.11. The first-order chi connectivity index (χ1) is 13.7. The van der Waals surface area contributed by atoms with Crippen molar-refractivity contribution in [2.24, 2.45) is 11.8 Å². The fraction of sp³-hybridized carbons (Fsp3) is 0.450. The lowest BCUT2D eigenvalue weighted by molar-refractivity contribution is 0.404. The van der Waals surface area contributed by atoms with Gasteiger partial charge >= 0.3 is 0 Å². The van der Waals surface area contributed by atoms with E-state index in [1.165, 1.54) is 18.9 Å². The molecular weight excluding hydrogens is 381 g/mol. The average molecular weight is 402 g/mol. The molecule has 2 atom stereocenters. The van der Waals surface area contributed by atoms with Crippen LogP contribution in [0.25, 0.3) is 5.65 Å². The zero-order chi connectivity index (χ0) is 19.3. The maximum Gasteiger partial charge on any atom is 0.198 e. The highest BCUT2D eigenvalue weighted by atomic mass is 35.5. The van der Waals surface area contributed by atoms with E-state index in [2.05, 4.69) is 20.6 Å². The molecule has 2 saturated carbocycles. The van der Waals surface area contributed by atoms with E-state index in [1.54, 1.807) is 30.0 Å². The lowest BCUT2D eigenvalue weighted by atomic mass is 10.1. The summed E-state index contributed by atoms with van der Waals surface area (Å²) in [5.74, 6) is 2.44. The number of fused-ring (bicyclic) bond motifs is 1. The zero-order valence-electron chi connectivity index (χ0n) is 15.5. The second-order valence-corrected chi connectivity index (χ2v) is 8.09. The Morgan fingerprint density at radius 2 is 2.18 bits per heavy atom. The quantitative estimate of drug-likeness (QED) is 0.645. The molecule has 0 amide bonds. The maximum absolute atomic E-state index is 14.3. The number of rotatable bonds is 7. The number of aromatic nitrogens is 4. The van der Waals surface area contributed by atoms with Gasteiger partial charge in [-0.25, -0.2) is 4.39 Å². The number of ether oxygens (including phenoxy) is 1. The van der Waals surface area contributed by atoms with Crippen LogP contribution in [0.15, 0.2) is 24.4 Å². The van der Waals surface area contributed by atoms with Crippen LogP contribution in [0.2, 0.25) is 5.02 Å². The number of anilines is 1.